The van der Waals surface area contributed by atoms with E-state index in [9.17, 15) is 0 Å². The Morgan fingerprint density at radius 1 is 0.581 bits per heavy atom. The molecule has 0 saturated carbocycles. The average molecular weight is 415 g/mol. The molecule has 0 spiro atoms. The van der Waals surface area contributed by atoms with Crippen LogP contribution in [0.5, 0.6) is 0 Å². The highest BCUT2D eigenvalue weighted by Gasteiger charge is 2.42. The molecule has 2 heterocycles. The van der Waals surface area contributed by atoms with Crippen LogP contribution in [0.4, 0.5) is 0 Å². The maximum absolute atomic E-state index is 2.65. The Bertz CT molecular complexity index is 1390. The van der Waals surface area contributed by atoms with Crippen LogP contribution < -0.4 is 21.3 Å². The molecule has 1 aliphatic rings. The van der Waals surface area contributed by atoms with E-state index in [2.05, 4.69) is 116 Å². The molecule has 1 aromatic heterocycles. The van der Waals surface area contributed by atoms with Crippen LogP contribution in [0, 0.1) is 13.8 Å². The van der Waals surface area contributed by atoms with Gasteiger partial charge in [0.05, 0.1) is 0 Å². The van der Waals surface area contributed by atoms with Crippen molar-refractivity contribution in [1.82, 2.24) is 4.48 Å². The first-order chi connectivity index (χ1) is 15.0. The second kappa shape index (κ2) is 6.48. The van der Waals surface area contributed by atoms with Crippen LogP contribution >= 0.6 is 0 Å². The standard InChI is InChI=1S/C28H26BNSi/c1-19-11-9-13-21-22-14-10-12-20(2)28(22)30(27(19)21)29-23-15-5-7-17-25(23)31(3,4)26-18-8-6-16-24(26)29/h5-18H,1-4H3. The van der Waals surface area contributed by atoms with Crippen LogP contribution in [-0.4, -0.2) is 19.4 Å². The zero-order valence-corrected chi connectivity index (χ0v) is 19.6. The molecule has 0 aliphatic carbocycles. The second-order valence-corrected chi connectivity index (χ2v) is 13.8. The predicted molar refractivity (Wildman–Crippen MR) is 139 cm³/mol. The van der Waals surface area contributed by atoms with Gasteiger partial charge < -0.3 is 4.48 Å². The van der Waals surface area contributed by atoms with Crippen molar-refractivity contribution in [2.45, 2.75) is 26.9 Å². The first-order valence-corrected chi connectivity index (χ1v) is 14.2. The summed E-state index contributed by atoms with van der Waals surface area (Å²) in [7, 11) is -1.76. The summed E-state index contributed by atoms with van der Waals surface area (Å²) in [5.74, 6) is 0. The first kappa shape index (κ1) is 18.7. The van der Waals surface area contributed by atoms with Gasteiger partial charge >= 0.3 is 6.85 Å². The Hall–Kier alpha value is -3.04. The van der Waals surface area contributed by atoms with E-state index in [1.165, 1.54) is 43.9 Å². The van der Waals surface area contributed by atoms with E-state index in [0.717, 1.165) is 0 Å². The molecule has 150 valence electrons. The van der Waals surface area contributed by atoms with Gasteiger partial charge in [-0.25, -0.2) is 0 Å². The van der Waals surface area contributed by atoms with Crippen molar-refractivity contribution < 1.29 is 0 Å². The summed E-state index contributed by atoms with van der Waals surface area (Å²) in [5, 5.41) is 5.85. The summed E-state index contributed by atoms with van der Waals surface area (Å²) in [5.41, 5.74) is 8.35. The molecule has 4 aromatic carbocycles. The molecule has 0 amide bonds. The minimum atomic E-state index is -1.76. The van der Waals surface area contributed by atoms with Gasteiger partial charge in [0, 0.05) is 21.8 Å². The van der Waals surface area contributed by atoms with Gasteiger partial charge in [-0.15, -0.1) is 0 Å². The minimum absolute atomic E-state index is 0.190. The van der Waals surface area contributed by atoms with Gasteiger partial charge in [0.2, 0.25) is 0 Å². The summed E-state index contributed by atoms with van der Waals surface area (Å²) in [6.07, 6.45) is 0. The molecule has 0 N–H and O–H groups in total. The molecule has 5 aromatic rings. The first-order valence-electron chi connectivity index (χ1n) is 11.2. The van der Waals surface area contributed by atoms with Crippen molar-refractivity contribution in [3.63, 3.8) is 0 Å². The van der Waals surface area contributed by atoms with Crippen LogP contribution in [-0.2, 0) is 0 Å². The van der Waals surface area contributed by atoms with Crippen molar-refractivity contribution in [3.8, 4) is 0 Å². The molecule has 1 aliphatic heterocycles. The molecule has 31 heavy (non-hydrogen) atoms. The Balaban J connectivity index is 1.84. The Morgan fingerprint density at radius 3 is 1.52 bits per heavy atom. The number of aryl methyl sites for hydroxylation is 2. The number of para-hydroxylation sites is 2. The van der Waals surface area contributed by atoms with Crippen molar-refractivity contribution >= 4 is 58.0 Å². The Morgan fingerprint density at radius 2 is 1.03 bits per heavy atom. The summed E-state index contributed by atoms with van der Waals surface area (Å²) in [6, 6.07) is 31.9. The van der Waals surface area contributed by atoms with Crippen LogP contribution in [0.3, 0.4) is 0 Å². The highest BCUT2D eigenvalue weighted by molar-refractivity contribution is 7.11. The molecule has 0 radical (unpaired) electrons. The third-order valence-corrected chi connectivity index (χ3v) is 11.0. The van der Waals surface area contributed by atoms with Gasteiger partial charge in [0.25, 0.3) is 0 Å². The SMILES string of the molecule is Cc1cccc2c3cccc(C)c3n(B3c4ccccc4[Si](C)(C)c4ccccc43)c12. The third kappa shape index (κ3) is 2.44. The lowest BCUT2D eigenvalue weighted by molar-refractivity contribution is 1.29. The molecule has 0 atom stereocenters. The smallest absolute Gasteiger partial charge is 0.328 e. The number of benzene rings is 4. The molecule has 0 fully saturated rings. The number of aromatic nitrogens is 1. The molecule has 0 saturated heterocycles. The molecular formula is C28H26BNSi. The minimum Gasteiger partial charge on any atom is -0.376 e. The monoisotopic (exact) mass is 415 g/mol. The maximum atomic E-state index is 2.65. The topological polar surface area (TPSA) is 4.93 Å². The van der Waals surface area contributed by atoms with Crippen LogP contribution in [0.25, 0.3) is 21.8 Å². The van der Waals surface area contributed by atoms with Crippen LogP contribution in [0.1, 0.15) is 11.1 Å². The largest absolute Gasteiger partial charge is 0.376 e. The van der Waals surface area contributed by atoms with Crippen LogP contribution in [0.2, 0.25) is 13.1 Å². The van der Waals surface area contributed by atoms with Gasteiger partial charge in [-0.1, -0.05) is 119 Å². The van der Waals surface area contributed by atoms with E-state index in [1.807, 2.05) is 0 Å². The van der Waals surface area contributed by atoms with E-state index in [1.54, 1.807) is 10.4 Å². The lowest BCUT2D eigenvalue weighted by atomic mass is 9.49. The average Bonchev–Trinajstić information content (AvgIpc) is 3.11. The molecule has 6 rings (SSSR count). The number of rotatable bonds is 1. The van der Waals surface area contributed by atoms with Gasteiger partial charge in [-0.2, -0.15) is 0 Å². The van der Waals surface area contributed by atoms with E-state index in [-0.39, 0.29) is 6.85 Å². The Labute approximate surface area is 185 Å². The van der Waals surface area contributed by atoms with Gasteiger partial charge in [-0.05, 0) is 25.0 Å². The number of fused-ring (bicyclic) bond motifs is 5. The zero-order valence-electron chi connectivity index (χ0n) is 18.6. The quantitative estimate of drug-likeness (QED) is 0.362. The lowest BCUT2D eigenvalue weighted by Crippen LogP contribution is -2.75. The summed E-state index contributed by atoms with van der Waals surface area (Å²) < 4.78 is 2.65. The predicted octanol–water partition coefficient (Wildman–Crippen LogP) is 4.20. The van der Waals surface area contributed by atoms with Crippen LogP contribution in [0.15, 0.2) is 84.9 Å². The Kier molecular flexibility index (Phi) is 3.91. The zero-order chi connectivity index (χ0) is 21.3. The molecule has 0 bridgehead atoms. The summed E-state index contributed by atoms with van der Waals surface area (Å²) in [4.78, 5) is 0. The number of nitrogens with zero attached hydrogens (tertiary/aromatic N) is 1. The van der Waals surface area contributed by atoms with E-state index in [4.69, 9.17) is 0 Å². The normalized spacial score (nSPS) is 14.6. The fourth-order valence-corrected chi connectivity index (χ4v) is 9.16. The van der Waals surface area contributed by atoms with Crippen molar-refractivity contribution in [1.29, 1.82) is 0 Å². The lowest BCUT2D eigenvalue weighted by Gasteiger charge is -2.37. The molecule has 1 nitrogen and oxygen atoms in total. The van der Waals surface area contributed by atoms with Gasteiger partial charge in [0.15, 0.2) is 0 Å². The van der Waals surface area contributed by atoms with E-state index >= 15 is 0 Å². The summed E-state index contributed by atoms with van der Waals surface area (Å²) in [6.45, 7) is 9.71. The fourth-order valence-electron chi connectivity index (χ4n) is 5.96. The molecular weight excluding hydrogens is 389 g/mol. The number of hydrogen-bond acceptors (Lipinski definition) is 0. The van der Waals surface area contributed by atoms with Gasteiger partial charge in [-0.3, -0.25) is 0 Å². The second-order valence-electron chi connectivity index (χ2n) is 9.51. The van der Waals surface area contributed by atoms with Crippen molar-refractivity contribution in [3.05, 3.63) is 96.1 Å². The highest BCUT2D eigenvalue weighted by Crippen LogP contribution is 2.33. The molecule has 0 unspecified atom stereocenters. The van der Waals surface area contributed by atoms with Crippen molar-refractivity contribution in [2.75, 3.05) is 0 Å². The van der Waals surface area contributed by atoms with E-state index < -0.39 is 8.07 Å². The van der Waals surface area contributed by atoms with E-state index in [0.29, 0.717) is 0 Å². The fraction of sp³-hybridized carbons (Fsp3) is 0.143. The highest BCUT2D eigenvalue weighted by atomic mass is 28.3. The third-order valence-electron chi connectivity index (χ3n) is 7.36. The summed E-state index contributed by atoms with van der Waals surface area (Å²) >= 11 is 0. The van der Waals surface area contributed by atoms with Gasteiger partial charge in [0.1, 0.15) is 8.07 Å². The molecule has 3 heteroatoms. The maximum Gasteiger partial charge on any atom is 0.328 e. The van der Waals surface area contributed by atoms with Crippen molar-refractivity contribution in [2.24, 2.45) is 0 Å². The number of hydrogen-bond donors (Lipinski definition) is 0.